The highest BCUT2D eigenvalue weighted by molar-refractivity contribution is 9.08. The van der Waals surface area contributed by atoms with Crippen molar-refractivity contribution < 1.29 is 4.79 Å². The molecule has 0 atom stereocenters. The van der Waals surface area contributed by atoms with Crippen LogP contribution in [0.1, 0.15) is 35.5 Å². The van der Waals surface area contributed by atoms with E-state index in [1.165, 1.54) is 5.56 Å². The molecular weight excluding hydrogens is 402 g/mol. The molecule has 5 heteroatoms. The lowest BCUT2D eigenvalue weighted by Crippen LogP contribution is -1.99. The monoisotopic (exact) mass is 425 g/mol. The first-order valence-corrected chi connectivity index (χ1v) is 9.66. The SMILES string of the molecule is BrCc1ccccc1.C#CC(C)C.O=Cc1cn(Cc2ccccc2)nn1. The van der Waals surface area contributed by atoms with Gasteiger partial charge in [0, 0.05) is 11.2 Å². The van der Waals surface area contributed by atoms with Gasteiger partial charge in [-0.2, -0.15) is 0 Å². The van der Waals surface area contributed by atoms with Gasteiger partial charge in [0.05, 0.1) is 12.7 Å². The number of alkyl halides is 1. The van der Waals surface area contributed by atoms with Crippen molar-refractivity contribution in [2.45, 2.75) is 25.7 Å². The lowest BCUT2D eigenvalue weighted by molar-refractivity contribution is 0.111. The van der Waals surface area contributed by atoms with Crippen molar-refractivity contribution in [3.05, 3.63) is 83.7 Å². The number of rotatable bonds is 4. The van der Waals surface area contributed by atoms with Crippen molar-refractivity contribution in [3.63, 3.8) is 0 Å². The van der Waals surface area contributed by atoms with E-state index in [1.807, 2.05) is 62.4 Å². The van der Waals surface area contributed by atoms with Gasteiger partial charge in [0.1, 0.15) is 5.69 Å². The molecule has 4 nitrogen and oxygen atoms in total. The van der Waals surface area contributed by atoms with E-state index in [1.54, 1.807) is 10.9 Å². The first kappa shape index (κ1) is 22.3. The predicted molar refractivity (Wildman–Crippen MR) is 114 cm³/mol. The number of carbonyl (C=O) groups excluding carboxylic acids is 1. The summed E-state index contributed by atoms with van der Waals surface area (Å²) >= 11 is 3.36. The van der Waals surface area contributed by atoms with Crippen LogP contribution < -0.4 is 0 Å². The summed E-state index contributed by atoms with van der Waals surface area (Å²) in [6.45, 7) is 4.61. The molecule has 0 saturated heterocycles. The van der Waals surface area contributed by atoms with E-state index in [4.69, 9.17) is 6.42 Å². The number of aldehydes is 1. The highest BCUT2D eigenvalue weighted by atomic mass is 79.9. The lowest BCUT2D eigenvalue weighted by atomic mass is 10.2. The minimum absolute atomic E-state index is 0.362. The van der Waals surface area contributed by atoms with Gasteiger partial charge >= 0.3 is 0 Å². The van der Waals surface area contributed by atoms with Crippen LogP contribution in [0, 0.1) is 18.3 Å². The Morgan fingerprint density at radius 1 is 1.07 bits per heavy atom. The van der Waals surface area contributed by atoms with Crippen LogP contribution in [0.4, 0.5) is 0 Å². The first-order chi connectivity index (χ1) is 13.1. The molecule has 1 heterocycles. The maximum absolute atomic E-state index is 10.4. The Morgan fingerprint density at radius 3 is 1.96 bits per heavy atom. The Hall–Kier alpha value is -2.71. The van der Waals surface area contributed by atoms with Crippen LogP contribution in [0.15, 0.2) is 66.9 Å². The topological polar surface area (TPSA) is 47.8 Å². The van der Waals surface area contributed by atoms with Gasteiger partial charge < -0.3 is 0 Å². The number of halogens is 1. The molecule has 0 unspecified atom stereocenters. The van der Waals surface area contributed by atoms with Crippen LogP contribution in [0.3, 0.4) is 0 Å². The number of carbonyl (C=O) groups is 1. The quantitative estimate of drug-likeness (QED) is 0.335. The molecule has 0 spiro atoms. The normalized spacial score (nSPS) is 9.30. The van der Waals surface area contributed by atoms with E-state index in [0.29, 0.717) is 24.4 Å². The van der Waals surface area contributed by atoms with Gasteiger partial charge in [0.2, 0.25) is 0 Å². The summed E-state index contributed by atoms with van der Waals surface area (Å²) in [6, 6.07) is 20.2. The number of hydrogen-bond donors (Lipinski definition) is 0. The summed E-state index contributed by atoms with van der Waals surface area (Å²) in [5.41, 5.74) is 2.82. The number of aromatic nitrogens is 3. The van der Waals surface area contributed by atoms with E-state index in [9.17, 15) is 4.79 Å². The Labute approximate surface area is 169 Å². The maximum atomic E-state index is 10.4. The van der Waals surface area contributed by atoms with Gasteiger partial charge in [-0.05, 0) is 11.1 Å². The zero-order valence-corrected chi connectivity index (χ0v) is 17.2. The van der Waals surface area contributed by atoms with Gasteiger partial charge in [-0.15, -0.1) is 17.4 Å². The third-order valence-electron chi connectivity index (χ3n) is 3.19. The highest BCUT2D eigenvalue weighted by Gasteiger charge is 1.98. The molecule has 0 radical (unpaired) electrons. The molecule has 0 amide bonds. The van der Waals surface area contributed by atoms with Crippen LogP contribution in [0.25, 0.3) is 0 Å². The van der Waals surface area contributed by atoms with Crippen molar-refractivity contribution in [1.29, 1.82) is 0 Å². The molecule has 0 fully saturated rings. The Bertz CT molecular complexity index is 808. The number of hydrogen-bond acceptors (Lipinski definition) is 3. The van der Waals surface area contributed by atoms with Crippen LogP contribution >= 0.6 is 15.9 Å². The molecule has 2 aromatic carbocycles. The second-order valence-electron chi connectivity index (χ2n) is 5.89. The van der Waals surface area contributed by atoms with Crippen molar-refractivity contribution in [2.24, 2.45) is 5.92 Å². The summed E-state index contributed by atoms with van der Waals surface area (Å²) in [5.74, 6) is 2.94. The number of nitrogens with zero attached hydrogens (tertiary/aromatic N) is 3. The molecule has 3 rings (SSSR count). The molecule has 0 bridgehead atoms. The van der Waals surface area contributed by atoms with Crippen LogP contribution in [0.2, 0.25) is 0 Å². The fourth-order valence-corrected chi connectivity index (χ4v) is 2.16. The summed E-state index contributed by atoms with van der Waals surface area (Å²) in [4.78, 5) is 10.4. The van der Waals surface area contributed by atoms with Crippen molar-refractivity contribution in [1.82, 2.24) is 15.0 Å². The second kappa shape index (κ2) is 13.5. The van der Waals surface area contributed by atoms with E-state index in [-0.39, 0.29) is 0 Å². The lowest BCUT2D eigenvalue weighted by Gasteiger charge is -1.98. The Balaban J connectivity index is 0.000000237. The number of benzene rings is 2. The van der Waals surface area contributed by atoms with Crippen molar-refractivity contribution >= 4 is 22.2 Å². The maximum Gasteiger partial charge on any atom is 0.171 e. The summed E-state index contributed by atoms with van der Waals surface area (Å²) in [7, 11) is 0. The predicted octanol–water partition coefficient (Wildman–Crippen LogP) is 5.00. The zero-order valence-electron chi connectivity index (χ0n) is 15.6. The molecule has 3 aromatic rings. The van der Waals surface area contributed by atoms with E-state index in [2.05, 4.69) is 44.3 Å². The molecule has 0 aliphatic heterocycles. The first-order valence-electron chi connectivity index (χ1n) is 8.54. The molecule has 27 heavy (non-hydrogen) atoms. The Morgan fingerprint density at radius 2 is 1.59 bits per heavy atom. The molecule has 0 aliphatic carbocycles. The number of terminal acetylenes is 1. The third kappa shape index (κ3) is 10.1. The van der Waals surface area contributed by atoms with Crippen LogP contribution in [0.5, 0.6) is 0 Å². The fraction of sp³-hybridized carbons (Fsp3) is 0.227. The zero-order chi connectivity index (χ0) is 19.9. The summed E-state index contributed by atoms with van der Waals surface area (Å²) in [6.07, 6.45) is 7.24. The van der Waals surface area contributed by atoms with Crippen LogP contribution in [-0.2, 0) is 11.9 Å². The average Bonchev–Trinajstić information content (AvgIpc) is 3.18. The Kier molecular flexibility index (Phi) is 11.2. The van der Waals surface area contributed by atoms with Crippen molar-refractivity contribution in [2.75, 3.05) is 0 Å². The summed E-state index contributed by atoms with van der Waals surface area (Å²) in [5, 5.41) is 8.45. The largest absolute Gasteiger partial charge is 0.296 e. The van der Waals surface area contributed by atoms with Crippen LogP contribution in [-0.4, -0.2) is 21.3 Å². The molecule has 0 aliphatic rings. The molecule has 0 N–H and O–H groups in total. The molecule has 1 aromatic heterocycles. The van der Waals surface area contributed by atoms with E-state index >= 15 is 0 Å². The third-order valence-corrected chi connectivity index (χ3v) is 3.84. The van der Waals surface area contributed by atoms with E-state index in [0.717, 1.165) is 10.9 Å². The highest BCUT2D eigenvalue weighted by Crippen LogP contribution is 2.02. The standard InChI is InChI=1S/C10H9N3O.C7H7Br.C5H8/c14-8-10-7-13(12-11-10)6-9-4-2-1-3-5-9;8-6-7-4-2-1-3-5-7;1-4-5(2)3/h1-5,7-8H,6H2;1-5H,6H2;1,5H,2-3H3. The van der Waals surface area contributed by atoms with Gasteiger partial charge in [-0.3, -0.25) is 4.79 Å². The molecule has 0 saturated carbocycles. The fourth-order valence-electron chi connectivity index (χ4n) is 1.78. The minimum atomic E-state index is 0.362. The van der Waals surface area contributed by atoms with Crippen molar-refractivity contribution in [3.8, 4) is 12.3 Å². The molecule has 140 valence electrons. The smallest absolute Gasteiger partial charge is 0.171 e. The van der Waals surface area contributed by atoms with Gasteiger partial charge in [0.15, 0.2) is 6.29 Å². The minimum Gasteiger partial charge on any atom is -0.296 e. The van der Waals surface area contributed by atoms with E-state index < -0.39 is 0 Å². The summed E-state index contributed by atoms with van der Waals surface area (Å²) < 4.78 is 1.64. The molecular formula is C22H24BrN3O. The van der Waals surface area contributed by atoms with Gasteiger partial charge in [0.25, 0.3) is 0 Å². The van der Waals surface area contributed by atoms with Gasteiger partial charge in [-0.1, -0.05) is 95.7 Å². The second-order valence-corrected chi connectivity index (χ2v) is 6.45. The average molecular weight is 426 g/mol. The van der Waals surface area contributed by atoms with Gasteiger partial charge in [-0.25, -0.2) is 4.68 Å².